The van der Waals surface area contributed by atoms with Crippen LogP contribution in [0.4, 0.5) is 17.7 Å². The van der Waals surface area contributed by atoms with Crippen molar-refractivity contribution < 1.29 is 13.9 Å². The maximum Gasteiger partial charge on any atom is 0.300 e. The predicted molar refractivity (Wildman–Crippen MR) is 150 cm³/mol. The first-order valence-electron chi connectivity index (χ1n) is 13.2. The van der Waals surface area contributed by atoms with Gasteiger partial charge in [0.1, 0.15) is 11.6 Å². The molecule has 1 amide bonds. The summed E-state index contributed by atoms with van der Waals surface area (Å²) in [6.07, 6.45) is 3.07. The van der Waals surface area contributed by atoms with Crippen LogP contribution in [0.2, 0.25) is 0 Å². The summed E-state index contributed by atoms with van der Waals surface area (Å²) in [5.41, 5.74) is 8.41. The number of aromatic nitrogens is 3. The van der Waals surface area contributed by atoms with Crippen molar-refractivity contribution in [3.63, 3.8) is 0 Å². The van der Waals surface area contributed by atoms with Crippen LogP contribution in [-0.2, 0) is 4.74 Å². The Morgan fingerprint density at radius 3 is 2.59 bits per heavy atom. The molecule has 6 heterocycles. The van der Waals surface area contributed by atoms with Gasteiger partial charge in [-0.2, -0.15) is 4.98 Å². The fourth-order valence-electron chi connectivity index (χ4n) is 5.72. The molecule has 39 heavy (non-hydrogen) atoms. The van der Waals surface area contributed by atoms with Gasteiger partial charge in [0.25, 0.3) is 11.9 Å². The number of nitrogens with two attached hydrogens (primary N) is 1. The van der Waals surface area contributed by atoms with Crippen molar-refractivity contribution in [3.8, 4) is 0 Å². The van der Waals surface area contributed by atoms with Gasteiger partial charge in [0.05, 0.1) is 24.5 Å². The van der Waals surface area contributed by atoms with Gasteiger partial charge in [-0.25, -0.2) is 9.97 Å². The standard InChI is InChI=1S/C27H33N9O3/c1-29-12-17(11-28)21-4-3-5-23(30-21)31-26(37)20-10-22-24(33-27(39-22)35-6-8-38-9-7-35)32-25(20)36-15-18-13-34(2)14-19(18)16-36/h3-5,10-12,18-19H,6-9,13-16,28H2,1-2H3,(H,30,31,37)/b17-11+,29-12?. The fraction of sp³-hybridized carbons (Fsp3) is 0.444. The molecule has 3 saturated heterocycles. The maximum atomic E-state index is 13.7. The van der Waals surface area contributed by atoms with Gasteiger partial charge >= 0.3 is 0 Å². The number of hydrogen-bond acceptors (Lipinski definition) is 11. The molecule has 3 aliphatic rings. The van der Waals surface area contributed by atoms with Gasteiger partial charge in [0, 0.05) is 70.4 Å². The second-order valence-electron chi connectivity index (χ2n) is 10.3. The molecule has 0 saturated carbocycles. The Morgan fingerprint density at radius 2 is 1.87 bits per heavy atom. The molecule has 12 heteroatoms. The van der Waals surface area contributed by atoms with Crippen molar-refractivity contribution in [2.45, 2.75) is 0 Å². The quantitative estimate of drug-likeness (QED) is 0.452. The van der Waals surface area contributed by atoms with Crippen LogP contribution in [0.5, 0.6) is 0 Å². The summed E-state index contributed by atoms with van der Waals surface area (Å²) in [5, 5.41) is 2.95. The second-order valence-corrected chi connectivity index (χ2v) is 10.3. The Balaban J connectivity index is 1.34. The van der Waals surface area contributed by atoms with Gasteiger partial charge in [0.15, 0.2) is 5.58 Å². The molecule has 0 aliphatic carbocycles. The van der Waals surface area contributed by atoms with Crippen LogP contribution in [-0.4, -0.2) is 98.6 Å². The Labute approximate surface area is 226 Å². The average molecular weight is 532 g/mol. The number of nitrogens with zero attached hydrogens (tertiary/aromatic N) is 7. The maximum absolute atomic E-state index is 13.7. The third-order valence-corrected chi connectivity index (χ3v) is 7.58. The van der Waals surface area contributed by atoms with E-state index in [2.05, 4.69) is 37.1 Å². The summed E-state index contributed by atoms with van der Waals surface area (Å²) in [4.78, 5) is 38.5. The number of morpholine rings is 1. The van der Waals surface area contributed by atoms with Gasteiger partial charge in [0.2, 0.25) is 5.65 Å². The summed E-state index contributed by atoms with van der Waals surface area (Å²) in [5.74, 6) is 1.80. The highest BCUT2D eigenvalue weighted by Crippen LogP contribution is 2.36. The van der Waals surface area contributed by atoms with E-state index in [0.717, 1.165) is 26.2 Å². The van der Waals surface area contributed by atoms with E-state index in [4.69, 9.17) is 19.9 Å². The number of carbonyl (C=O) groups is 1. The number of ether oxygens (including phenoxy) is 1. The highest BCUT2D eigenvalue weighted by molar-refractivity contribution is 6.10. The Bertz CT molecular complexity index is 1420. The lowest BCUT2D eigenvalue weighted by Gasteiger charge is -2.24. The lowest BCUT2D eigenvalue weighted by molar-refractivity contribution is 0.102. The third kappa shape index (κ3) is 5.04. The van der Waals surface area contributed by atoms with E-state index >= 15 is 0 Å². The number of pyridine rings is 2. The van der Waals surface area contributed by atoms with Crippen molar-refractivity contribution in [3.05, 3.63) is 41.7 Å². The molecular formula is C27H33N9O3. The first-order chi connectivity index (χ1) is 19.0. The lowest BCUT2D eigenvalue weighted by Crippen LogP contribution is -2.36. The van der Waals surface area contributed by atoms with E-state index in [1.54, 1.807) is 25.4 Å². The van der Waals surface area contributed by atoms with Crippen LogP contribution in [0.25, 0.3) is 16.8 Å². The van der Waals surface area contributed by atoms with Crippen molar-refractivity contribution >= 4 is 46.6 Å². The van der Waals surface area contributed by atoms with E-state index in [1.165, 1.54) is 6.20 Å². The monoisotopic (exact) mass is 531 g/mol. The molecule has 3 aliphatic heterocycles. The van der Waals surface area contributed by atoms with Crippen LogP contribution in [0, 0.1) is 11.8 Å². The number of oxazole rings is 1. The number of nitrogens with one attached hydrogen (secondary N) is 1. The molecular weight excluding hydrogens is 498 g/mol. The number of hydrogen-bond donors (Lipinski definition) is 2. The zero-order valence-electron chi connectivity index (χ0n) is 22.2. The number of likely N-dealkylation sites (tertiary alicyclic amines) is 1. The minimum absolute atomic E-state index is 0.315. The van der Waals surface area contributed by atoms with E-state index in [9.17, 15) is 4.79 Å². The smallest absolute Gasteiger partial charge is 0.300 e. The van der Waals surface area contributed by atoms with Crippen LogP contribution in [0.1, 0.15) is 16.1 Å². The van der Waals surface area contributed by atoms with Crippen molar-refractivity contribution in [2.24, 2.45) is 22.6 Å². The Hall–Kier alpha value is -4.03. The zero-order chi connectivity index (χ0) is 26.9. The number of rotatable bonds is 6. The summed E-state index contributed by atoms with van der Waals surface area (Å²) >= 11 is 0. The minimum atomic E-state index is -0.315. The summed E-state index contributed by atoms with van der Waals surface area (Å²) in [7, 11) is 3.82. The molecule has 3 N–H and O–H groups in total. The van der Waals surface area contributed by atoms with E-state index in [-0.39, 0.29) is 5.91 Å². The SMILES string of the molecule is CN=C/C(=C\N)c1cccc(NC(=O)c2cc3oc(N4CCOCC4)nc3nc2N2CC3CN(C)CC3C2)n1. The Morgan fingerprint density at radius 1 is 1.10 bits per heavy atom. The molecule has 0 bridgehead atoms. The minimum Gasteiger partial charge on any atom is -0.422 e. The van der Waals surface area contributed by atoms with E-state index in [1.807, 2.05) is 17.0 Å². The molecule has 0 spiro atoms. The fourth-order valence-corrected chi connectivity index (χ4v) is 5.72. The van der Waals surface area contributed by atoms with Crippen LogP contribution < -0.4 is 20.9 Å². The average Bonchev–Trinajstić information content (AvgIpc) is 3.64. The molecule has 2 unspecified atom stereocenters. The molecule has 6 rings (SSSR count). The van der Waals surface area contributed by atoms with Gasteiger partial charge < -0.3 is 34.9 Å². The highest BCUT2D eigenvalue weighted by atomic mass is 16.5. The highest BCUT2D eigenvalue weighted by Gasteiger charge is 2.40. The summed E-state index contributed by atoms with van der Waals surface area (Å²) in [6.45, 7) is 6.41. The largest absolute Gasteiger partial charge is 0.422 e. The molecule has 0 aromatic carbocycles. The molecule has 12 nitrogen and oxygen atoms in total. The number of anilines is 3. The molecule has 3 aromatic rings. The van der Waals surface area contributed by atoms with E-state index in [0.29, 0.717) is 83.9 Å². The topological polar surface area (TPSA) is 138 Å². The van der Waals surface area contributed by atoms with Crippen LogP contribution >= 0.6 is 0 Å². The number of fused-ring (bicyclic) bond motifs is 2. The molecule has 0 radical (unpaired) electrons. The first-order valence-corrected chi connectivity index (χ1v) is 13.2. The predicted octanol–water partition coefficient (Wildman–Crippen LogP) is 1.70. The van der Waals surface area contributed by atoms with Crippen molar-refractivity contribution in [2.75, 3.05) is 81.7 Å². The van der Waals surface area contributed by atoms with Crippen molar-refractivity contribution in [1.82, 2.24) is 19.9 Å². The van der Waals surface area contributed by atoms with Gasteiger partial charge in [-0.05, 0) is 31.0 Å². The number of aliphatic imine (C=N–C) groups is 1. The lowest BCUT2D eigenvalue weighted by atomic mass is 10.0. The van der Waals surface area contributed by atoms with Gasteiger partial charge in [-0.15, -0.1) is 0 Å². The summed E-state index contributed by atoms with van der Waals surface area (Å²) in [6, 6.07) is 7.62. The molecule has 3 aromatic heterocycles. The van der Waals surface area contributed by atoms with Gasteiger partial charge in [-0.1, -0.05) is 6.07 Å². The molecule has 3 fully saturated rings. The first kappa shape index (κ1) is 25.3. The third-order valence-electron chi connectivity index (χ3n) is 7.58. The van der Waals surface area contributed by atoms with Crippen LogP contribution in [0.15, 0.2) is 39.9 Å². The number of carbonyl (C=O) groups excluding carboxylic acids is 1. The summed E-state index contributed by atoms with van der Waals surface area (Å²) < 4.78 is 11.6. The normalized spacial score (nSPS) is 22.3. The Kier molecular flexibility index (Phi) is 6.88. The zero-order valence-corrected chi connectivity index (χ0v) is 22.2. The molecule has 2 atom stereocenters. The van der Waals surface area contributed by atoms with E-state index < -0.39 is 0 Å². The second kappa shape index (κ2) is 10.6. The van der Waals surface area contributed by atoms with Gasteiger partial charge in [-0.3, -0.25) is 9.79 Å². The number of amides is 1. The van der Waals surface area contributed by atoms with Crippen LogP contribution in [0.3, 0.4) is 0 Å². The molecule has 204 valence electrons. The number of allylic oxidation sites excluding steroid dienone is 1. The van der Waals surface area contributed by atoms with Crippen molar-refractivity contribution in [1.29, 1.82) is 0 Å².